The number of pyridine rings is 1. The molecular weight excluding hydrogens is 305 g/mol. The van der Waals surface area contributed by atoms with Crippen molar-refractivity contribution in [1.29, 1.82) is 0 Å². The average Bonchev–Trinajstić information content (AvgIpc) is 2.79. The van der Waals surface area contributed by atoms with Gasteiger partial charge in [-0.1, -0.05) is 23.2 Å². The molecule has 1 amide bonds. The van der Waals surface area contributed by atoms with Crippen LogP contribution in [0.25, 0.3) is 0 Å². The molecule has 1 atom stereocenters. The normalized spacial score (nSPS) is 12.2. The molecule has 0 aliphatic carbocycles. The van der Waals surface area contributed by atoms with Gasteiger partial charge in [-0.05, 0) is 25.1 Å². The number of nitrogens with zero attached hydrogens (tertiary/aromatic N) is 1. The highest BCUT2D eigenvalue weighted by Gasteiger charge is 2.14. The molecule has 100 valence electrons. The fourth-order valence-corrected chi connectivity index (χ4v) is 2.71. The van der Waals surface area contributed by atoms with Crippen molar-refractivity contribution in [3.05, 3.63) is 44.2 Å². The predicted octanol–water partition coefficient (Wildman–Crippen LogP) is 3.52. The van der Waals surface area contributed by atoms with Gasteiger partial charge in [0.25, 0.3) is 5.91 Å². The minimum Gasteiger partial charge on any atom is -0.382 e. The molecule has 2 aromatic heterocycles. The standard InChI is InChI=1S/C12H11Cl2N3OS/c1-6(9-2-3-10(14)19-9)17-12(18)7-4-8(13)11(15)16-5-7/h2-6H,1H3,(H2,15,16)(H,17,18). The third kappa shape index (κ3) is 3.37. The summed E-state index contributed by atoms with van der Waals surface area (Å²) in [5.41, 5.74) is 5.87. The summed E-state index contributed by atoms with van der Waals surface area (Å²) in [5, 5.41) is 3.11. The number of carbonyl (C=O) groups is 1. The number of halogens is 2. The molecule has 0 fully saturated rings. The van der Waals surface area contributed by atoms with Crippen LogP contribution in [0.5, 0.6) is 0 Å². The summed E-state index contributed by atoms with van der Waals surface area (Å²) in [7, 11) is 0. The Morgan fingerprint density at radius 2 is 2.21 bits per heavy atom. The molecule has 0 aromatic carbocycles. The molecule has 3 N–H and O–H groups in total. The fourth-order valence-electron chi connectivity index (χ4n) is 1.48. The molecule has 19 heavy (non-hydrogen) atoms. The fraction of sp³-hybridized carbons (Fsp3) is 0.167. The van der Waals surface area contributed by atoms with Gasteiger partial charge in [0, 0.05) is 11.1 Å². The van der Waals surface area contributed by atoms with Gasteiger partial charge in [0.15, 0.2) is 0 Å². The molecule has 7 heteroatoms. The van der Waals surface area contributed by atoms with E-state index in [2.05, 4.69) is 10.3 Å². The van der Waals surface area contributed by atoms with Crippen molar-refractivity contribution in [1.82, 2.24) is 10.3 Å². The molecule has 2 heterocycles. The molecule has 1 unspecified atom stereocenters. The van der Waals surface area contributed by atoms with Crippen molar-refractivity contribution < 1.29 is 4.79 Å². The summed E-state index contributed by atoms with van der Waals surface area (Å²) in [4.78, 5) is 16.8. The molecular formula is C12H11Cl2N3OS. The Balaban J connectivity index is 2.10. The van der Waals surface area contributed by atoms with Gasteiger partial charge < -0.3 is 11.1 Å². The zero-order chi connectivity index (χ0) is 14.0. The lowest BCUT2D eigenvalue weighted by atomic mass is 10.2. The molecule has 4 nitrogen and oxygen atoms in total. The minimum atomic E-state index is -0.258. The molecule has 0 saturated heterocycles. The number of aromatic nitrogens is 1. The van der Waals surface area contributed by atoms with Gasteiger partial charge in [-0.25, -0.2) is 4.98 Å². The molecule has 2 rings (SSSR count). The van der Waals surface area contributed by atoms with Crippen LogP contribution in [-0.2, 0) is 0 Å². The van der Waals surface area contributed by atoms with E-state index in [9.17, 15) is 4.79 Å². The number of hydrogen-bond donors (Lipinski definition) is 2. The lowest BCUT2D eigenvalue weighted by Crippen LogP contribution is -2.26. The van der Waals surface area contributed by atoms with Gasteiger partial charge in [0.05, 0.1) is 21.0 Å². The van der Waals surface area contributed by atoms with Gasteiger partial charge in [0.1, 0.15) is 5.82 Å². The number of thiophene rings is 1. The van der Waals surface area contributed by atoms with Crippen molar-refractivity contribution in [2.24, 2.45) is 0 Å². The second-order valence-corrected chi connectivity index (χ2v) is 6.08. The van der Waals surface area contributed by atoms with E-state index >= 15 is 0 Å². The number of nitrogens with two attached hydrogens (primary N) is 1. The van der Waals surface area contributed by atoms with Crippen molar-refractivity contribution in [3.63, 3.8) is 0 Å². The topological polar surface area (TPSA) is 68.0 Å². The monoisotopic (exact) mass is 315 g/mol. The van der Waals surface area contributed by atoms with E-state index in [4.69, 9.17) is 28.9 Å². The number of rotatable bonds is 3. The SMILES string of the molecule is CC(NC(=O)c1cnc(N)c(Cl)c1)c1ccc(Cl)s1. The number of nitrogens with one attached hydrogen (secondary N) is 1. The van der Waals surface area contributed by atoms with Crippen molar-refractivity contribution in [3.8, 4) is 0 Å². The molecule has 0 aliphatic rings. The first-order valence-corrected chi connectivity index (χ1v) is 7.01. The van der Waals surface area contributed by atoms with E-state index in [1.807, 2.05) is 13.0 Å². The smallest absolute Gasteiger partial charge is 0.253 e. The van der Waals surface area contributed by atoms with Crippen LogP contribution in [0, 0.1) is 0 Å². The Hall–Kier alpha value is -1.30. The van der Waals surface area contributed by atoms with Crippen LogP contribution in [0.4, 0.5) is 5.82 Å². The van der Waals surface area contributed by atoms with E-state index in [-0.39, 0.29) is 22.8 Å². The quantitative estimate of drug-likeness (QED) is 0.910. The van der Waals surface area contributed by atoms with Crippen LogP contribution in [0.3, 0.4) is 0 Å². The number of nitrogen functional groups attached to an aromatic ring is 1. The zero-order valence-corrected chi connectivity index (χ0v) is 12.3. The summed E-state index contributed by atoms with van der Waals surface area (Å²) >= 11 is 13.1. The molecule has 0 spiro atoms. The summed E-state index contributed by atoms with van der Waals surface area (Å²) < 4.78 is 0.688. The largest absolute Gasteiger partial charge is 0.382 e. The van der Waals surface area contributed by atoms with Gasteiger partial charge in [-0.15, -0.1) is 11.3 Å². The molecule has 0 aliphatic heterocycles. The van der Waals surface area contributed by atoms with E-state index in [1.165, 1.54) is 23.6 Å². The van der Waals surface area contributed by atoms with Crippen LogP contribution >= 0.6 is 34.5 Å². The number of anilines is 1. The second-order valence-electron chi connectivity index (χ2n) is 3.93. The maximum atomic E-state index is 12.0. The van der Waals surface area contributed by atoms with Gasteiger partial charge in [0.2, 0.25) is 0 Å². The molecule has 0 saturated carbocycles. The first-order chi connectivity index (χ1) is 8.97. The third-order valence-electron chi connectivity index (χ3n) is 2.50. The highest BCUT2D eigenvalue weighted by molar-refractivity contribution is 7.16. The lowest BCUT2D eigenvalue weighted by molar-refractivity contribution is 0.0940. The van der Waals surface area contributed by atoms with Crippen molar-refractivity contribution in [2.45, 2.75) is 13.0 Å². The Morgan fingerprint density at radius 3 is 2.79 bits per heavy atom. The van der Waals surface area contributed by atoms with Crippen molar-refractivity contribution in [2.75, 3.05) is 5.73 Å². The molecule has 2 aromatic rings. The number of carbonyl (C=O) groups excluding carboxylic acids is 1. The maximum absolute atomic E-state index is 12.0. The second kappa shape index (κ2) is 5.77. The Labute approximate surface area is 124 Å². The first kappa shape index (κ1) is 14.1. The third-order valence-corrected chi connectivity index (χ3v) is 4.22. The molecule has 0 bridgehead atoms. The maximum Gasteiger partial charge on any atom is 0.253 e. The van der Waals surface area contributed by atoms with Crippen molar-refractivity contribution >= 4 is 46.3 Å². The Morgan fingerprint density at radius 1 is 1.47 bits per heavy atom. The van der Waals surface area contributed by atoms with Gasteiger partial charge in [-0.2, -0.15) is 0 Å². The predicted molar refractivity (Wildman–Crippen MR) is 78.9 cm³/mol. The number of hydrogen-bond acceptors (Lipinski definition) is 4. The lowest BCUT2D eigenvalue weighted by Gasteiger charge is -2.12. The van der Waals surface area contributed by atoms with Crippen LogP contribution in [0.2, 0.25) is 9.36 Å². The Kier molecular flexibility index (Phi) is 4.29. The van der Waals surface area contributed by atoms with Gasteiger partial charge >= 0.3 is 0 Å². The summed E-state index contributed by atoms with van der Waals surface area (Å²) in [5.74, 6) is -0.0530. The zero-order valence-electron chi connectivity index (χ0n) is 9.98. The van der Waals surface area contributed by atoms with Crippen LogP contribution in [0.1, 0.15) is 28.2 Å². The average molecular weight is 316 g/mol. The highest BCUT2D eigenvalue weighted by Crippen LogP contribution is 2.27. The van der Waals surface area contributed by atoms with Gasteiger partial charge in [-0.3, -0.25) is 4.79 Å². The number of amides is 1. The van der Waals surface area contributed by atoms with Crippen LogP contribution < -0.4 is 11.1 Å². The van der Waals surface area contributed by atoms with Crippen LogP contribution in [0.15, 0.2) is 24.4 Å². The summed E-state index contributed by atoms with van der Waals surface area (Å²) in [6.07, 6.45) is 1.39. The van der Waals surface area contributed by atoms with E-state index < -0.39 is 0 Å². The van der Waals surface area contributed by atoms with E-state index in [0.29, 0.717) is 9.90 Å². The van der Waals surface area contributed by atoms with E-state index in [0.717, 1.165) is 4.88 Å². The Bertz CT molecular complexity index is 615. The van der Waals surface area contributed by atoms with Crippen LogP contribution in [-0.4, -0.2) is 10.9 Å². The summed E-state index contributed by atoms with van der Waals surface area (Å²) in [6, 6.07) is 5.03. The highest BCUT2D eigenvalue weighted by atomic mass is 35.5. The molecule has 0 radical (unpaired) electrons. The first-order valence-electron chi connectivity index (χ1n) is 5.44. The minimum absolute atomic E-state index is 0.138. The summed E-state index contributed by atoms with van der Waals surface area (Å²) in [6.45, 7) is 1.88. The van der Waals surface area contributed by atoms with E-state index in [1.54, 1.807) is 6.07 Å².